The van der Waals surface area contributed by atoms with Crippen molar-refractivity contribution in [2.45, 2.75) is 24.7 Å². The summed E-state index contributed by atoms with van der Waals surface area (Å²) in [7, 11) is 1.53. The molecule has 5 rings (SSSR count). The normalized spacial score (nSPS) is 20.2. The molecule has 2 aliphatic heterocycles. The number of hydrogen-bond donors (Lipinski definition) is 1. The molecule has 184 valence electrons. The van der Waals surface area contributed by atoms with E-state index >= 15 is 0 Å². The summed E-state index contributed by atoms with van der Waals surface area (Å²) in [4.78, 5) is 17.0. The van der Waals surface area contributed by atoms with E-state index in [9.17, 15) is 18.0 Å². The summed E-state index contributed by atoms with van der Waals surface area (Å²) in [5, 5.41) is 7.26. The van der Waals surface area contributed by atoms with Crippen LogP contribution in [0.2, 0.25) is 0 Å². The molecule has 0 unspecified atom stereocenters. The SMILES string of the molecule is COc1ccc([C@@H]2C[C@@H](C(F)(F)F)n3nc(C(=O)N4CCN(c5ccccc5)CC4)cc3N2)cc1. The number of anilines is 2. The highest BCUT2D eigenvalue weighted by Gasteiger charge is 2.47. The number of carbonyl (C=O) groups is 1. The van der Waals surface area contributed by atoms with Gasteiger partial charge in [-0.25, -0.2) is 4.68 Å². The van der Waals surface area contributed by atoms with Crippen molar-refractivity contribution in [3.63, 3.8) is 0 Å². The van der Waals surface area contributed by atoms with Gasteiger partial charge in [0.15, 0.2) is 11.7 Å². The molecule has 1 amide bonds. The Morgan fingerprint density at radius 1 is 1.03 bits per heavy atom. The van der Waals surface area contributed by atoms with Crippen LogP contribution >= 0.6 is 0 Å². The third kappa shape index (κ3) is 4.65. The molecule has 35 heavy (non-hydrogen) atoms. The molecule has 1 N–H and O–H groups in total. The fourth-order valence-electron chi connectivity index (χ4n) is 4.70. The number of nitrogens with one attached hydrogen (secondary N) is 1. The first-order chi connectivity index (χ1) is 16.8. The summed E-state index contributed by atoms with van der Waals surface area (Å²) in [5.74, 6) is 0.455. The number of ether oxygens (including phenoxy) is 1. The van der Waals surface area contributed by atoms with E-state index in [0.717, 1.165) is 10.4 Å². The molecule has 0 radical (unpaired) electrons. The van der Waals surface area contributed by atoms with Crippen LogP contribution in [0.3, 0.4) is 0 Å². The molecule has 0 saturated carbocycles. The Hall–Kier alpha value is -3.69. The van der Waals surface area contributed by atoms with Crippen molar-refractivity contribution in [1.29, 1.82) is 0 Å². The molecule has 0 bridgehead atoms. The summed E-state index contributed by atoms with van der Waals surface area (Å²) in [6, 6.07) is 15.9. The zero-order chi connectivity index (χ0) is 24.6. The number of piperazine rings is 1. The number of aromatic nitrogens is 2. The molecular weight excluding hydrogens is 459 g/mol. The quantitative estimate of drug-likeness (QED) is 0.589. The van der Waals surface area contributed by atoms with Crippen molar-refractivity contribution < 1.29 is 22.7 Å². The highest BCUT2D eigenvalue weighted by Crippen LogP contribution is 2.43. The number of hydrogen-bond acceptors (Lipinski definition) is 5. The molecule has 2 atom stereocenters. The lowest BCUT2D eigenvalue weighted by Crippen LogP contribution is -2.49. The number of rotatable bonds is 4. The van der Waals surface area contributed by atoms with Crippen molar-refractivity contribution in [1.82, 2.24) is 14.7 Å². The Kier molecular flexibility index (Phi) is 6.04. The number of nitrogens with zero attached hydrogens (tertiary/aromatic N) is 4. The van der Waals surface area contributed by atoms with Crippen LogP contribution in [0.1, 0.15) is 34.6 Å². The Morgan fingerprint density at radius 3 is 2.34 bits per heavy atom. The summed E-state index contributed by atoms with van der Waals surface area (Å²) in [6.45, 7) is 2.24. The monoisotopic (exact) mass is 485 g/mol. The number of methoxy groups -OCH3 is 1. The van der Waals surface area contributed by atoms with Crippen molar-refractivity contribution >= 4 is 17.4 Å². The average Bonchev–Trinajstić information content (AvgIpc) is 3.32. The van der Waals surface area contributed by atoms with Crippen LogP contribution in [0.15, 0.2) is 60.7 Å². The molecule has 3 aromatic rings. The third-order valence-electron chi connectivity index (χ3n) is 6.62. The number of benzene rings is 2. The van der Waals surface area contributed by atoms with E-state index in [1.54, 1.807) is 29.2 Å². The maximum atomic E-state index is 14.0. The van der Waals surface area contributed by atoms with Crippen LogP contribution in [-0.2, 0) is 0 Å². The smallest absolute Gasteiger partial charge is 0.410 e. The molecule has 10 heteroatoms. The molecule has 1 aromatic heterocycles. The Morgan fingerprint density at radius 2 is 1.71 bits per heavy atom. The van der Waals surface area contributed by atoms with E-state index in [1.807, 2.05) is 30.3 Å². The largest absolute Gasteiger partial charge is 0.497 e. The number of fused-ring (bicyclic) bond motifs is 1. The zero-order valence-corrected chi connectivity index (χ0v) is 19.2. The third-order valence-corrected chi connectivity index (χ3v) is 6.62. The maximum absolute atomic E-state index is 14.0. The van der Waals surface area contributed by atoms with E-state index in [4.69, 9.17) is 4.74 Å². The molecule has 0 aliphatic carbocycles. The summed E-state index contributed by atoms with van der Waals surface area (Å²) in [6.07, 6.45) is -4.73. The standard InChI is InChI=1S/C25H26F3N5O2/c1-35-19-9-7-17(8-10-19)20-15-22(25(26,27)28)33-23(29-20)16-21(30-33)24(34)32-13-11-31(12-14-32)18-5-3-2-4-6-18/h2-10,16,20,22,29H,11-15H2,1H3/t20-,22-/m0/s1. The van der Waals surface area contributed by atoms with Gasteiger partial charge in [0, 0.05) is 44.4 Å². The molecule has 1 fully saturated rings. The number of amides is 1. The van der Waals surface area contributed by atoms with Crippen LogP contribution in [0.4, 0.5) is 24.7 Å². The Bertz CT molecular complexity index is 1170. The van der Waals surface area contributed by atoms with E-state index < -0.39 is 18.3 Å². The number of carbonyl (C=O) groups excluding carboxylic acids is 1. The van der Waals surface area contributed by atoms with E-state index in [-0.39, 0.29) is 23.8 Å². The van der Waals surface area contributed by atoms with Crippen LogP contribution < -0.4 is 15.0 Å². The van der Waals surface area contributed by atoms with Crippen molar-refractivity contribution in [2.24, 2.45) is 0 Å². The highest BCUT2D eigenvalue weighted by atomic mass is 19.4. The summed E-state index contributed by atoms with van der Waals surface area (Å²) >= 11 is 0. The first-order valence-electron chi connectivity index (χ1n) is 11.5. The highest BCUT2D eigenvalue weighted by molar-refractivity contribution is 5.93. The topological polar surface area (TPSA) is 62.6 Å². The van der Waals surface area contributed by atoms with Gasteiger partial charge in [0.25, 0.3) is 5.91 Å². The van der Waals surface area contributed by atoms with Gasteiger partial charge in [-0.1, -0.05) is 30.3 Å². The zero-order valence-electron chi connectivity index (χ0n) is 19.2. The first-order valence-corrected chi connectivity index (χ1v) is 11.5. The van der Waals surface area contributed by atoms with Gasteiger partial charge < -0.3 is 19.9 Å². The van der Waals surface area contributed by atoms with Gasteiger partial charge >= 0.3 is 6.18 Å². The number of halogens is 3. The predicted molar refractivity (Wildman–Crippen MR) is 126 cm³/mol. The maximum Gasteiger partial charge on any atom is 0.410 e. The van der Waals surface area contributed by atoms with Crippen LogP contribution in [0.25, 0.3) is 0 Å². The second kappa shape index (κ2) is 9.16. The fraction of sp³-hybridized carbons (Fsp3) is 0.360. The van der Waals surface area contributed by atoms with E-state index in [2.05, 4.69) is 15.3 Å². The van der Waals surface area contributed by atoms with Crippen molar-refractivity contribution in [3.8, 4) is 5.75 Å². The van der Waals surface area contributed by atoms with Gasteiger partial charge in [0.05, 0.1) is 13.2 Å². The molecule has 1 saturated heterocycles. The van der Waals surface area contributed by atoms with Gasteiger partial charge in [0.2, 0.25) is 0 Å². The Labute approximate surface area is 201 Å². The summed E-state index contributed by atoms with van der Waals surface area (Å²) < 4.78 is 48.0. The molecule has 2 aromatic carbocycles. The fourth-order valence-corrected chi connectivity index (χ4v) is 4.70. The van der Waals surface area contributed by atoms with Crippen molar-refractivity contribution in [2.75, 3.05) is 43.5 Å². The minimum absolute atomic E-state index is 0.0188. The summed E-state index contributed by atoms with van der Waals surface area (Å²) in [5.41, 5.74) is 1.81. The lowest BCUT2D eigenvalue weighted by atomic mass is 9.97. The lowest BCUT2D eigenvalue weighted by molar-refractivity contribution is -0.173. The van der Waals surface area contributed by atoms with Gasteiger partial charge in [-0.2, -0.15) is 18.3 Å². The lowest BCUT2D eigenvalue weighted by Gasteiger charge is -2.35. The van der Waals surface area contributed by atoms with E-state index in [1.165, 1.54) is 13.2 Å². The van der Waals surface area contributed by atoms with Crippen LogP contribution in [0.5, 0.6) is 5.75 Å². The van der Waals surface area contributed by atoms with Crippen molar-refractivity contribution in [3.05, 3.63) is 71.9 Å². The van der Waals surface area contributed by atoms with Gasteiger partial charge in [0.1, 0.15) is 11.6 Å². The minimum atomic E-state index is -4.50. The Balaban J connectivity index is 1.34. The van der Waals surface area contributed by atoms with Crippen LogP contribution in [0, 0.1) is 0 Å². The minimum Gasteiger partial charge on any atom is -0.497 e. The number of para-hydroxylation sites is 1. The molecule has 2 aliphatic rings. The number of alkyl halides is 3. The second-order valence-electron chi connectivity index (χ2n) is 8.74. The van der Waals surface area contributed by atoms with Gasteiger partial charge in [-0.15, -0.1) is 0 Å². The molecule has 7 nitrogen and oxygen atoms in total. The van der Waals surface area contributed by atoms with E-state index in [0.29, 0.717) is 37.5 Å². The molecule has 0 spiro atoms. The average molecular weight is 486 g/mol. The van der Waals surface area contributed by atoms with Gasteiger partial charge in [-0.05, 0) is 29.8 Å². The van der Waals surface area contributed by atoms with Gasteiger partial charge in [-0.3, -0.25) is 4.79 Å². The second-order valence-corrected chi connectivity index (χ2v) is 8.74. The predicted octanol–water partition coefficient (Wildman–Crippen LogP) is 4.51. The first kappa shape index (κ1) is 23.1. The molecule has 3 heterocycles. The van der Waals surface area contributed by atoms with Crippen LogP contribution in [-0.4, -0.2) is 60.1 Å². The molecular formula is C25H26F3N5O2.